The number of H-pyrrole nitrogens is 1. The maximum absolute atomic E-state index is 10.2. The average molecular weight is 323 g/mol. The van der Waals surface area contributed by atoms with E-state index < -0.39 is 0 Å². The van der Waals surface area contributed by atoms with Crippen LogP contribution in [0.25, 0.3) is 21.1 Å². The van der Waals surface area contributed by atoms with Gasteiger partial charge in [0.05, 0.1) is 39.1 Å². The Balaban J connectivity index is 1.86. The number of aliphatic hydroxyl groups excluding tert-OH is 1. The smallest absolute Gasteiger partial charge is 0.198 e. The third-order valence-electron chi connectivity index (χ3n) is 3.71. The molecule has 0 aliphatic heterocycles. The summed E-state index contributed by atoms with van der Waals surface area (Å²) >= 11 is 1.54. The fourth-order valence-corrected chi connectivity index (χ4v) is 3.46. The second-order valence-corrected chi connectivity index (χ2v) is 6.02. The van der Waals surface area contributed by atoms with Crippen LogP contribution in [0.4, 0.5) is 5.69 Å². The number of nitrogens with one attached hydrogen (secondary N) is 1. The molecule has 0 atom stereocenters. The quantitative estimate of drug-likeness (QED) is 0.503. The van der Waals surface area contributed by atoms with E-state index in [4.69, 9.17) is 0 Å². The van der Waals surface area contributed by atoms with Gasteiger partial charge in [-0.25, -0.2) is 4.98 Å². The Hall–Kier alpha value is -2.70. The number of rotatable bonds is 3. The van der Waals surface area contributed by atoms with E-state index in [1.54, 1.807) is 11.7 Å². The molecule has 6 heteroatoms. The van der Waals surface area contributed by atoms with Crippen molar-refractivity contribution in [1.82, 2.24) is 9.97 Å². The largest absolute Gasteiger partial charge is 0.494 e. The number of benzene rings is 2. The monoisotopic (exact) mass is 323 g/mol. The fourth-order valence-electron chi connectivity index (χ4n) is 2.61. The number of hydrogen-bond donors (Lipinski definition) is 3. The molecule has 4 aromatic rings. The zero-order valence-corrected chi connectivity index (χ0v) is 12.8. The predicted octanol–water partition coefficient (Wildman–Crippen LogP) is 3.73. The number of aromatic hydroxyl groups is 1. The van der Waals surface area contributed by atoms with Gasteiger partial charge >= 0.3 is 0 Å². The molecule has 0 unspecified atom stereocenters. The predicted molar refractivity (Wildman–Crippen MR) is 92.8 cm³/mol. The summed E-state index contributed by atoms with van der Waals surface area (Å²) in [6.07, 6.45) is 1.64. The molecule has 0 saturated heterocycles. The molecule has 2 aromatic heterocycles. The van der Waals surface area contributed by atoms with E-state index in [1.165, 1.54) is 11.3 Å². The molecule has 2 heterocycles. The molecule has 114 valence electrons. The fraction of sp³-hybridized carbons (Fsp3) is 0.0588. The van der Waals surface area contributed by atoms with Crippen molar-refractivity contribution < 1.29 is 10.2 Å². The molecular formula is C17H13N3O2S. The number of aliphatic hydroxyl groups is 1. The van der Waals surface area contributed by atoms with E-state index in [2.05, 4.69) is 15.0 Å². The maximum atomic E-state index is 10.2. The maximum Gasteiger partial charge on any atom is 0.198 e. The first-order valence-electron chi connectivity index (χ1n) is 7.07. The zero-order valence-electron chi connectivity index (χ0n) is 12.0. The highest BCUT2D eigenvalue weighted by Gasteiger charge is 2.13. The summed E-state index contributed by atoms with van der Waals surface area (Å²) in [5.41, 5.74) is 5.71. The molecule has 2 aromatic carbocycles. The number of hydrogen-bond acceptors (Lipinski definition) is 5. The summed E-state index contributed by atoms with van der Waals surface area (Å²) in [6, 6.07) is 11.2. The number of aliphatic imine (C=N–C) groups is 1. The summed E-state index contributed by atoms with van der Waals surface area (Å²) in [7, 11) is 0. The molecule has 0 amide bonds. The minimum absolute atomic E-state index is 0.0246. The standard InChI is InChI=1S/C17H13N3O2S/c21-8-10-2-1-3-11(6-10)18-7-12-15-13(20-17(12)22)4-5-14-16(15)23-9-19-14/h1-7,9,20-22H,8H2. The van der Waals surface area contributed by atoms with Gasteiger partial charge in [-0.2, -0.15) is 0 Å². The Bertz CT molecular complexity index is 1030. The van der Waals surface area contributed by atoms with Gasteiger partial charge in [-0.1, -0.05) is 12.1 Å². The summed E-state index contributed by atoms with van der Waals surface area (Å²) in [5, 5.41) is 20.3. The van der Waals surface area contributed by atoms with Crippen LogP contribution < -0.4 is 0 Å². The number of aromatic amines is 1. The van der Waals surface area contributed by atoms with Crippen molar-refractivity contribution >= 4 is 44.4 Å². The Labute approximate surface area is 135 Å². The molecule has 0 saturated carbocycles. The van der Waals surface area contributed by atoms with Crippen LogP contribution in [0.2, 0.25) is 0 Å². The topological polar surface area (TPSA) is 81.5 Å². The highest BCUT2D eigenvalue weighted by Crippen LogP contribution is 2.34. The lowest BCUT2D eigenvalue weighted by Gasteiger charge is -1.98. The first-order valence-corrected chi connectivity index (χ1v) is 7.95. The number of fused-ring (bicyclic) bond motifs is 3. The van der Waals surface area contributed by atoms with Crippen molar-refractivity contribution in [3.63, 3.8) is 0 Å². The summed E-state index contributed by atoms with van der Waals surface area (Å²) in [6.45, 7) is -0.0246. The van der Waals surface area contributed by atoms with Crippen LogP contribution in [0.3, 0.4) is 0 Å². The van der Waals surface area contributed by atoms with Crippen LogP contribution in [-0.2, 0) is 6.61 Å². The second kappa shape index (κ2) is 5.49. The third kappa shape index (κ3) is 2.38. The van der Waals surface area contributed by atoms with E-state index in [0.29, 0.717) is 5.56 Å². The van der Waals surface area contributed by atoms with Gasteiger partial charge < -0.3 is 15.2 Å². The number of thiazole rings is 1. The summed E-state index contributed by atoms with van der Waals surface area (Å²) < 4.78 is 1.02. The Morgan fingerprint density at radius 2 is 2.17 bits per heavy atom. The Morgan fingerprint density at radius 3 is 3.04 bits per heavy atom. The highest BCUT2D eigenvalue weighted by atomic mass is 32.1. The normalized spacial score (nSPS) is 11.9. The average Bonchev–Trinajstić information content (AvgIpc) is 3.16. The molecule has 0 aliphatic rings. The van der Waals surface area contributed by atoms with Crippen LogP contribution in [0.1, 0.15) is 11.1 Å². The molecule has 4 rings (SSSR count). The van der Waals surface area contributed by atoms with Crippen LogP contribution in [0.15, 0.2) is 46.9 Å². The van der Waals surface area contributed by atoms with E-state index in [-0.39, 0.29) is 12.5 Å². The molecule has 5 nitrogen and oxygen atoms in total. The SMILES string of the molecule is OCc1cccc(N=Cc2c(O)[nH]c3ccc4ncsc4c23)c1. The van der Waals surface area contributed by atoms with Crippen molar-refractivity contribution in [3.05, 3.63) is 53.0 Å². The molecular weight excluding hydrogens is 310 g/mol. The van der Waals surface area contributed by atoms with Crippen molar-refractivity contribution in [2.75, 3.05) is 0 Å². The van der Waals surface area contributed by atoms with E-state index in [9.17, 15) is 10.2 Å². The van der Waals surface area contributed by atoms with E-state index in [0.717, 1.165) is 32.4 Å². The van der Waals surface area contributed by atoms with Gasteiger partial charge in [-0.15, -0.1) is 11.3 Å². The molecule has 0 bridgehead atoms. The van der Waals surface area contributed by atoms with Gasteiger partial charge in [-0.05, 0) is 29.8 Å². The zero-order chi connectivity index (χ0) is 15.8. The van der Waals surface area contributed by atoms with Crippen LogP contribution in [0.5, 0.6) is 5.88 Å². The molecule has 3 N–H and O–H groups in total. The molecule has 0 radical (unpaired) electrons. The van der Waals surface area contributed by atoms with E-state index in [1.807, 2.05) is 36.4 Å². The van der Waals surface area contributed by atoms with Crippen molar-refractivity contribution in [3.8, 4) is 5.88 Å². The van der Waals surface area contributed by atoms with Crippen molar-refractivity contribution in [2.24, 2.45) is 4.99 Å². The lowest BCUT2D eigenvalue weighted by atomic mass is 10.1. The first kappa shape index (κ1) is 13.9. The second-order valence-electron chi connectivity index (χ2n) is 5.16. The van der Waals surface area contributed by atoms with Crippen molar-refractivity contribution in [2.45, 2.75) is 6.61 Å². The van der Waals surface area contributed by atoms with Crippen LogP contribution in [0, 0.1) is 0 Å². The minimum atomic E-state index is -0.0246. The van der Waals surface area contributed by atoms with Gasteiger partial charge in [0.15, 0.2) is 5.88 Å². The van der Waals surface area contributed by atoms with Gasteiger partial charge in [0, 0.05) is 11.6 Å². The van der Waals surface area contributed by atoms with Crippen LogP contribution in [-0.4, -0.2) is 26.4 Å². The Morgan fingerprint density at radius 1 is 1.26 bits per heavy atom. The molecule has 0 fully saturated rings. The summed E-state index contributed by atoms with van der Waals surface area (Å²) in [4.78, 5) is 11.7. The highest BCUT2D eigenvalue weighted by molar-refractivity contribution is 7.17. The lowest BCUT2D eigenvalue weighted by molar-refractivity contribution is 0.282. The lowest BCUT2D eigenvalue weighted by Crippen LogP contribution is -1.82. The van der Waals surface area contributed by atoms with Gasteiger partial charge in [0.1, 0.15) is 0 Å². The third-order valence-corrected chi connectivity index (χ3v) is 4.57. The number of aromatic nitrogens is 2. The Kier molecular flexibility index (Phi) is 3.33. The molecule has 0 spiro atoms. The van der Waals surface area contributed by atoms with Gasteiger partial charge in [0.25, 0.3) is 0 Å². The van der Waals surface area contributed by atoms with Gasteiger partial charge in [-0.3, -0.25) is 4.99 Å². The van der Waals surface area contributed by atoms with E-state index >= 15 is 0 Å². The molecule has 23 heavy (non-hydrogen) atoms. The first-order chi connectivity index (χ1) is 11.3. The van der Waals surface area contributed by atoms with Gasteiger partial charge in [0.2, 0.25) is 0 Å². The minimum Gasteiger partial charge on any atom is -0.494 e. The van der Waals surface area contributed by atoms with Crippen LogP contribution >= 0.6 is 11.3 Å². The summed E-state index contributed by atoms with van der Waals surface area (Å²) in [5.74, 6) is 0.0861. The number of nitrogens with zero attached hydrogens (tertiary/aromatic N) is 2. The van der Waals surface area contributed by atoms with Crippen molar-refractivity contribution in [1.29, 1.82) is 0 Å². The molecule has 0 aliphatic carbocycles.